The average molecular weight is 254 g/mol. The van der Waals surface area contributed by atoms with E-state index in [-0.39, 0.29) is 18.4 Å². The van der Waals surface area contributed by atoms with Gasteiger partial charge in [0.05, 0.1) is 13.2 Å². The van der Waals surface area contributed by atoms with Crippen LogP contribution in [0.15, 0.2) is 0 Å². The molecule has 1 atom stereocenters. The summed E-state index contributed by atoms with van der Waals surface area (Å²) in [6, 6.07) is 0. The minimum absolute atomic E-state index is 0.00277. The van der Waals surface area contributed by atoms with E-state index in [1.165, 1.54) is 12.8 Å². The first-order valence-corrected chi connectivity index (χ1v) is 6.97. The molecule has 18 heavy (non-hydrogen) atoms. The molecule has 0 spiro atoms. The lowest BCUT2D eigenvalue weighted by Gasteiger charge is -2.32. The third-order valence-corrected chi connectivity index (χ3v) is 3.86. The van der Waals surface area contributed by atoms with Crippen molar-refractivity contribution >= 4 is 11.8 Å². The number of carbonyl (C=O) groups is 2. The van der Waals surface area contributed by atoms with E-state index in [1.807, 2.05) is 0 Å². The normalized spacial score (nSPS) is 28.2. The quantitative estimate of drug-likeness (QED) is 0.538. The van der Waals surface area contributed by atoms with Gasteiger partial charge in [0, 0.05) is 13.0 Å². The van der Waals surface area contributed by atoms with Gasteiger partial charge < -0.3 is 9.47 Å². The van der Waals surface area contributed by atoms with Gasteiger partial charge in [-0.2, -0.15) is 0 Å². The number of carbonyl (C=O) groups excluding carboxylic acids is 2. The van der Waals surface area contributed by atoms with E-state index in [9.17, 15) is 9.59 Å². The molecule has 2 saturated carbocycles. The smallest absolute Gasteiger partial charge is 0.322 e. The number of esters is 1. The van der Waals surface area contributed by atoms with Crippen molar-refractivity contribution in [1.29, 1.82) is 0 Å². The van der Waals surface area contributed by atoms with Gasteiger partial charge in [0.15, 0.2) is 5.78 Å². The molecule has 0 N–H and O–H groups in total. The zero-order valence-corrected chi connectivity index (χ0v) is 11.1. The Labute approximate surface area is 108 Å². The second-order valence-corrected chi connectivity index (χ2v) is 5.39. The Bertz CT molecular complexity index is 322. The molecule has 4 heteroatoms. The summed E-state index contributed by atoms with van der Waals surface area (Å²) >= 11 is 0. The molecule has 2 fully saturated rings. The summed E-state index contributed by atoms with van der Waals surface area (Å²) in [6.45, 7) is 2.97. The maximum Gasteiger partial charge on any atom is 0.322 e. The van der Waals surface area contributed by atoms with Gasteiger partial charge in [-0.3, -0.25) is 9.59 Å². The molecule has 2 rings (SSSR count). The molecule has 0 aromatic heterocycles. The van der Waals surface area contributed by atoms with E-state index in [1.54, 1.807) is 6.92 Å². The van der Waals surface area contributed by atoms with E-state index in [0.29, 0.717) is 32.0 Å². The standard InChI is InChI=1S/C14H22O4/c1-2-18-13(16)14(8-4-3-5-12(14)15)10-17-9-11-6-7-11/h11H,2-10H2,1H3. The Balaban J connectivity index is 1.99. The molecular formula is C14H22O4. The van der Waals surface area contributed by atoms with Crippen LogP contribution < -0.4 is 0 Å². The first kappa shape index (κ1) is 13.5. The average Bonchev–Trinajstić information content (AvgIpc) is 3.16. The van der Waals surface area contributed by atoms with Crippen LogP contribution in [0.5, 0.6) is 0 Å². The van der Waals surface area contributed by atoms with E-state index in [0.717, 1.165) is 12.8 Å². The molecule has 0 aromatic rings. The van der Waals surface area contributed by atoms with Crippen molar-refractivity contribution in [2.45, 2.75) is 45.4 Å². The number of hydrogen-bond donors (Lipinski definition) is 0. The zero-order chi connectivity index (χ0) is 13.0. The van der Waals surface area contributed by atoms with Gasteiger partial charge in [0.1, 0.15) is 5.41 Å². The molecule has 0 aromatic carbocycles. The molecule has 0 radical (unpaired) electrons. The third kappa shape index (κ3) is 2.91. The third-order valence-electron chi connectivity index (χ3n) is 3.86. The maximum absolute atomic E-state index is 12.1. The molecular weight excluding hydrogens is 232 g/mol. The number of rotatable bonds is 6. The monoisotopic (exact) mass is 254 g/mol. The molecule has 0 saturated heterocycles. The zero-order valence-electron chi connectivity index (χ0n) is 11.1. The second kappa shape index (κ2) is 5.83. The highest BCUT2D eigenvalue weighted by Crippen LogP contribution is 2.36. The molecule has 4 nitrogen and oxygen atoms in total. The molecule has 2 aliphatic rings. The van der Waals surface area contributed by atoms with Crippen molar-refractivity contribution in [3.63, 3.8) is 0 Å². The SMILES string of the molecule is CCOC(=O)C1(COCC2CC2)CCCCC1=O. The highest BCUT2D eigenvalue weighted by atomic mass is 16.5. The molecule has 2 aliphatic carbocycles. The summed E-state index contributed by atoms with van der Waals surface area (Å²) in [5.41, 5.74) is -1.01. The fraction of sp³-hybridized carbons (Fsp3) is 0.857. The van der Waals surface area contributed by atoms with Crippen LogP contribution in [0.1, 0.15) is 45.4 Å². The highest BCUT2D eigenvalue weighted by molar-refractivity contribution is 6.04. The molecule has 0 bridgehead atoms. The lowest BCUT2D eigenvalue weighted by molar-refractivity contribution is -0.167. The summed E-state index contributed by atoms with van der Waals surface area (Å²) in [5, 5.41) is 0. The molecule has 0 heterocycles. The van der Waals surface area contributed by atoms with Gasteiger partial charge in [-0.05, 0) is 38.5 Å². The first-order chi connectivity index (χ1) is 8.69. The molecule has 0 aliphatic heterocycles. The molecule has 1 unspecified atom stereocenters. The lowest BCUT2D eigenvalue weighted by Crippen LogP contribution is -2.46. The van der Waals surface area contributed by atoms with Gasteiger partial charge >= 0.3 is 5.97 Å². The topological polar surface area (TPSA) is 52.6 Å². The summed E-state index contributed by atoms with van der Waals surface area (Å²) in [6.07, 6.45) is 5.25. The van der Waals surface area contributed by atoms with E-state index >= 15 is 0 Å². The van der Waals surface area contributed by atoms with Crippen LogP contribution in [0, 0.1) is 11.3 Å². The van der Waals surface area contributed by atoms with Crippen LogP contribution in [-0.2, 0) is 19.1 Å². The highest BCUT2D eigenvalue weighted by Gasteiger charge is 2.48. The summed E-state index contributed by atoms with van der Waals surface area (Å²) in [5.74, 6) is 0.261. The summed E-state index contributed by atoms with van der Waals surface area (Å²) in [4.78, 5) is 24.2. The Hall–Kier alpha value is -0.900. The Kier molecular flexibility index (Phi) is 4.38. The fourth-order valence-electron chi connectivity index (χ4n) is 2.47. The van der Waals surface area contributed by atoms with Crippen molar-refractivity contribution in [1.82, 2.24) is 0 Å². The van der Waals surface area contributed by atoms with Crippen LogP contribution in [-0.4, -0.2) is 31.6 Å². The summed E-state index contributed by atoms with van der Waals surface area (Å²) in [7, 11) is 0. The summed E-state index contributed by atoms with van der Waals surface area (Å²) < 4.78 is 10.7. The minimum Gasteiger partial charge on any atom is -0.465 e. The van der Waals surface area contributed by atoms with Gasteiger partial charge in [0.2, 0.25) is 0 Å². The van der Waals surface area contributed by atoms with Gasteiger partial charge in [0.25, 0.3) is 0 Å². The predicted octanol–water partition coefficient (Wildman–Crippen LogP) is 2.11. The predicted molar refractivity (Wildman–Crippen MR) is 66.1 cm³/mol. The van der Waals surface area contributed by atoms with Crippen LogP contribution in [0.4, 0.5) is 0 Å². The van der Waals surface area contributed by atoms with E-state index < -0.39 is 5.41 Å². The van der Waals surface area contributed by atoms with Gasteiger partial charge in [-0.1, -0.05) is 6.42 Å². The van der Waals surface area contributed by atoms with Crippen molar-refractivity contribution in [2.24, 2.45) is 11.3 Å². The number of ketones is 1. The number of hydrogen-bond acceptors (Lipinski definition) is 4. The van der Waals surface area contributed by atoms with Crippen molar-refractivity contribution in [2.75, 3.05) is 19.8 Å². The van der Waals surface area contributed by atoms with Crippen LogP contribution in [0.2, 0.25) is 0 Å². The Morgan fingerprint density at radius 3 is 2.78 bits per heavy atom. The van der Waals surface area contributed by atoms with Gasteiger partial charge in [-0.25, -0.2) is 0 Å². The van der Waals surface area contributed by atoms with Crippen LogP contribution >= 0.6 is 0 Å². The molecule has 102 valence electrons. The second-order valence-electron chi connectivity index (χ2n) is 5.39. The van der Waals surface area contributed by atoms with Crippen molar-refractivity contribution in [3.05, 3.63) is 0 Å². The van der Waals surface area contributed by atoms with Crippen molar-refractivity contribution in [3.8, 4) is 0 Å². The lowest BCUT2D eigenvalue weighted by atomic mass is 9.73. The maximum atomic E-state index is 12.1. The van der Waals surface area contributed by atoms with Gasteiger partial charge in [-0.15, -0.1) is 0 Å². The number of Topliss-reactive ketones (excluding diaryl/α,β-unsaturated/α-hetero) is 1. The van der Waals surface area contributed by atoms with Crippen LogP contribution in [0.3, 0.4) is 0 Å². The van der Waals surface area contributed by atoms with E-state index in [4.69, 9.17) is 9.47 Å². The van der Waals surface area contributed by atoms with Crippen LogP contribution in [0.25, 0.3) is 0 Å². The fourth-order valence-corrected chi connectivity index (χ4v) is 2.47. The largest absolute Gasteiger partial charge is 0.465 e. The van der Waals surface area contributed by atoms with E-state index in [2.05, 4.69) is 0 Å². The Morgan fingerprint density at radius 1 is 1.39 bits per heavy atom. The van der Waals surface area contributed by atoms with Crippen molar-refractivity contribution < 1.29 is 19.1 Å². The first-order valence-electron chi connectivity index (χ1n) is 6.97. The molecule has 0 amide bonds. The number of ether oxygens (including phenoxy) is 2. The minimum atomic E-state index is -1.01. The Morgan fingerprint density at radius 2 is 2.17 bits per heavy atom.